The Hall–Kier alpha value is -3.02. The first kappa shape index (κ1) is 17.8. The van der Waals surface area contributed by atoms with Gasteiger partial charge >= 0.3 is 5.97 Å². The van der Waals surface area contributed by atoms with Gasteiger partial charge in [-0.1, -0.05) is 12.1 Å². The highest BCUT2D eigenvalue weighted by atomic mass is 16.5. The van der Waals surface area contributed by atoms with Crippen LogP contribution in [0.25, 0.3) is 0 Å². The van der Waals surface area contributed by atoms with Crippen LogP contribution in [0, 0.1) is 0 Å². The van der Waals surface area contributed by atoms with Gasteiger partial charge in [-0.3, -0.25) is 4.79 Å². The zero-order chi connectivity index (χ0) is 18.5. The maximum absolute atomic E-state index is 12.6. The summed E-state index contributed by atoms with van der Waals surface area (Å²) in [6.45, 7) is 1.14. The molecule has 1 atom stereocenters. The molecule has 1 unspecified atom stereocenters. The predicted molar refractivity (Wildman–Crippen MR) is 98.2 cm³/mol. The fourth-order valence-electron chi connectivity index (χ4n) is 3.14. The van der Waals surface area contributed by atoms with Crippen LogP contribution in [0.1, 0.15) is 28.8 Å². The smallest absolute Gasteiger partial charge is 0.335 e. The molecule has 1 heterocycles. The van der Waals surface area contributed by atoms with Crippen molar-refractivity contribution in [1.29, 1.82) is 0 Å². The molecule has 0 aliphatic carbocycles. The number of likely N-dealkylation sites (tertiary alicyclic amines) is 1. The average molecular weight is 354 g/mol. The number of nitrogens with zero attached hydrogens (tertiary/aromatic N) is 1. The molecular formula is C20H22N2O4. The van der Waals surface area contributed by atoms with Crippen LogP contribution >= 0.6 is 0 Å². The zero-order valence-corrected chi connectivity index (χ0v) is 14.4. The lowest BCUT2D eigenvalue weighted by Gasteiger charge is -2.25. The van der Waals surface area contributed by atoms with Crippen LogP contribution in [0.4, 0.5) is 5.69 Å². The lowest BCUT2D eigenvalue weighted by molar-refractivity contribution is -0.131. The average Bonchev–Trinajstić information content (AvgIpc) is 3.11. The van der Waals surface area contributed by atoms with Gasteiger partial charge in [-0.25, -0.2) is 4.79 Å². The van der Waals surface area contributed by atoms with E-state index in [0.717, 1.165) is 24.9 Å². The van der Waals surface area contributed by atoms with E-state index in [1.54, 1.807) is 24.3 Å². The standard InChI is InChI=1S/C20H22N2O4/c21-16-7-3-14(4-8-16)12-19(23)22-11-1-2-17(22)13-26-18-9-5-15(6-10-18)20(24)25/h3-10,17H,1-2,11-13,21H2,(H,24,25). The summed E-state index contributed by atoms with van der Waals surface area (Å²) in [5.74, 6) is -0.276. The first-order chi connectivity index (χ1) is 12.5. The molecule has 26 heavy (non-hydrogen) atoms. The summed E-state index contributed by atoms with van der Waals surface area (Å²) in [6.07, 6.45) is 2.21. The number of hydrogen-bond acceptors (Lipinski definition) is 4. The van der Waals surface area contributed by atoms with Crippen molar-refractivity contribution in [2.75, 3.05) is 18.9 Å². The highest BCUT2D eigenvalue weighted by Crippen LogP contribution is 2.21. The zero-order valence-electron chi connectivity index (χ0n) is 14.4. The number of aromatic carboxylic acids is 1. The Labute approximate surface area is 152 Å². The third kappa shape index (κ3) is 4.33. The minimum absolute atomic E-state index is 0.0374. The second-order valence-corrected chi connectivity index (χ2v) is 6.44. The third-order valence-electron chi connectivity index (χ3n) is 4.58. The second-order valence-electron chi connectivity index (χ2n) is 6.44. The number of ether oxygens (including phenoxy) is 1. The summed E-state index contributed by atoms with van der Waals surface area (Å²) in [6, 6.07) is 13.7. The van der Waals surface area contributed by atoms with Crippen LogP contribution < -0.4 is 10.5 Å². The number of carboxylic acids is 1. The molecular weight excluding hydrogens is 332 g/mol. The highest BCUT2D eigenvalue weighted by Gasteiger charge is 2.29. The number of amides is 1. The SMILES string of the molecule is Nc1ccc(CC(=O)N2CCCC2COc2ccc(C(=O)O)cc2)cc1. The van der Waals surface area contributed by atoms with E-state index >= 15 is 0 Å². The Kier molecular flexibility index (Phi) is 5.41. The Bertz CT molecular complexity index is 771. The quantitative estimate of drug-likeness (QED) is 0.778. The number of carbonyl (C=O) groups excluding carboxylic acids is 1. The van der Waals surface area contributed by atoms with Gasteiger partial charge in [0.2, 0.25) is 5.91 Å². The van der Waals surface area contributed by atoms with E-state index in [0.29, 0.717) is 24.5 Å². The normalized spacial score (nSPS) is 16.5. The number of carbonyl (C=O) groups is 2. The maximum atomic E-state index is 12.6. The van der Waals surface area contributed by atoms with Crippen molar-refractivity contribution < 1.29 is 19.4 Å². The van der Waals surface area contributed by atoms with Gasteiger partial charge in [-0.2, -0.15) is 0 Å². The van der Waals surface area contributed by atoms with Gasteiger partial charge in [-0.05, 0) is 54.8 Å². The van der Waals surface area contributed by atoms with E-state index in [9.17, 15) is 9.59 Å². The van der Waals surface area contributed by atoms with E-state index < -0.39 is 5.97 Å². The monoisotopic (exact) mass is 354 g/mol. The molecule has 2 aromatic carbocycles. The van der Waals surface area contributed by atoms with Gasteiger partial charge in [-0.15, -0.1) is 0 Å². The van der Waals surface area contributed by atoms with E-state index in [-0.39, 0.29) is 17.5 Å². The van der Waals surface area contributed by atoms with Gasteiger partial charge in [0.25, 0.3) is 0 Å². The highest BCUT2D eigenvalue weighted by molar-refractivity contribution is 5.87. The van der Waals surface area contributed by atoms with Gasteiger partial charge in [0.15, 0.2) is 0 Å². The number of anilines is 1. The predicted octanol–water partition coefficient (Wildman–Crippen LogP) is 2.58. The van der Waals surface area contributed by atoms with Crippen molar-refractivity contribution in [2.45, 2.75) is 25.3 Å². The van der Waals surface area contributed by atoms with Crippen LogP contribution in [-0.4, -0.2) is 41.1 Å². The molecule has 3 N–H and O–H groups in total. The molecule has 2 aromatic rings. The summed E-state index contributed by atoms with van der Waals surface area (Å²) >= 11 is 0. The number of carboxylic acid groups (broad SMARTS) is 1. The van der Waals surface area contributed by atoms with Gasteiger partial charge in [0, 0.05) is 12.2 Å². The first-order valence-electron chi connectivity index (χ1n) is 8.63. The van der Waals surface area contributed by atoms with Gasteiger partial charge in [0.1, 0.15) is 12.4 Å². The van der Waals surface area contributed by atoms with E-state index in [4.69, 9.17) is 15.6 Å². The summed E-state index contributed by atoms with van der Waals surface area (Å²) in [5.41, 5.74) is 7.53. The van der Waals surface area contributed by atoms with Crippen LogP contribution in [0.5, 0.6) is 5.75 Å². The van der Waals surface area contributed by atoms with Crippen molar-refractivity contribution >= 4 is 17.6 Å². The molecule has 0 spiro atoms. The molecule has 1 amide bonds. The number of benzene rings is 2. The Balaban J connectivity index is 1.56. The Morgan fingerprint density at radius 1 is 1.12 bits per heavy atom. The molecule has 6 heteroatoms. The fourth-order valence-corrected chi connectivity index (χ4v) is 3.14. The molecule has 0 saturated carbocycles. The summed E-state index contributed by atoms with van der Waals surface area (Å²) in [7, 11) is 0. The number of hydrogen-bond donors (Lipinski definition) is 2. The minimum Gasteiger partial charge on any atom is -0.491 e. The second kappa shape index (κ2) is 7.91. The summed E-state index contributed by atoms with van der Waals surface area (Å²) in [4.78, 5) is 25.4. The van der Waals surface area contributed by atoms with Crippen LogP contribution in [0.3, 0.4) is 0 Å². The molecule has 1 saturated heterocycles. The molecule has 6 nitrogen and oxygen atoms in total. The Morgan fingerprint density at radius 3 is 2.46 bits per heavy atom. The summed E-state index contributed by atoms with van der Waals surface area (Å²) < 4.78 is 5.77. The molecule has 0 aromatic heterocycles. The van der Waals surface area contributed by atoms with Crippen molar-refractivity contribution in [2.24, 2.45) is 0 Å². The molecule has 3 rings (SSSR count). The van der Waals surface area contributed by atoms with Gasteiger partial charge in [0.05, 0.1) is 18.0 Å². The lowest BCUT2D eigenvalue weighted by Crippen LogP contribution is -2.39. The maximum Gasteiger partial charge on any atom is 0.335 e. The van der Waals surface area contributed by atoms with Crippen LogP contribution in [-0.2, 0) is 11.2 Å². The van der Waals surface area contributed by atoms with Crippen molar-refractivity contribution in [3.05, 3.63) is 59.7 Å². The number of rotatable bonds is 6. The third-order valence-corrected chi connectivity index (χ3v) is 4.58. The molecule has 136 valence electrons. The van der Waals surface area contributed by atoms with Crippen molar-refractivity contribution in [1.82, 2.24) is 4.90 Å². The first-order valence-corrected chi connectivity index (χ1v) is 8.63. The lowest BCUT2D eigenvalue weighted by atomic mass is 10.1. The topological polar surface area (TPSA) is 92.9 Å². The van der Waals surface area contributed by atoms with E-state index in [1.807, 2.05) is 17.0 Å². The van der Waals surface area contributed by atoms with E-state index in [1.165, 1.54) is 12.1 Å². The van der Waals surface area contributed by atoms with Crippen LogP contribution in [0.15, 0.2) is 48.5 Å². The number of nitrogen functional groups attached to an aromatic ring is 1. The van der Waals surface area contributed by atoms with Crippen molar-refractivity contribution in [3.8, 4) is 5.75 Å². The largest absolute Gasteiger partial charge is 0.491 e. The molecule has 1 aliphatic rings. The molecule has 1 aliphatic heterocycles. The summed E-state index contributed by atoms with van der Waals surface area (Å²) in [5, 5.41) is 8.92. The van der Waals surface area contributed by atoms with Crippen LogP contribution in [0.2, 0.25) is 0 Å². The number of nitrogens with two attached hydrogens (primary N) is 1. The molecule has 0 radical (unpaired) electrons. The molecule has 0 bridgehead atoms. The van der Waals surface area contributed by atoms with Gasteiger partial charge < -0.3 is 20.5 Å². The van der Waals surface area contributed by atoms with Crippen molar-refractivity contribution in [3.63, 3.8) is 0 Å². The van der Waals surface area contributed by atoms with E-state index in [2.05, 4.69) is 0 Å². The molecule has 1 fully saturated rings. The minimum atomic E-state index is -0.966. The fraction of sp³-hybridized carbons (Fsp3) is 0.300. The Morgan fingerprint density at radius 2 is 1.81 bits per heavy atom.